The topological polar surface area (TPSA) is 77.4 Å². The Morgan fingerprint density at radius 3 is 2.21 bits per heavy atom. The van der Waals surface area contributed by atoms with E-state index in [4.69, 9.17) is 0 Å². The van der Waals surface area contributed by atoms with Crippen molar-refractivity contribution in [1.29, 1.82) is 0 Å². The van der Waals surface area contributed by atoms with Crippen LogP contribution in [0.15, 0.2) is 18.2 Å². The van der Waals surface area contributed by atoms with Gasteiger partial charge < -0.3 is 15.0 Å². The number of carbonyl (C=O) groups is 2. The monoisotopic (exact) mass is 218 g/mol. The van der Waals surface area contributed by atoms with Crippen LogP contribution in [0.3, 0.4) is 0 Å². The molecule has 0 fully saturated rings. The summed E-state index contributed by atoms with van der Waals surface area (Å²) in [6, 6.07) is 3.91. The Bertz CT molecular complexity index is 341. The molecule has 0 saturated carbocycles. The largest absolute Gasteiger partial charge is 1.00 e. The maximum Gasteiger partial charge on any atom is 1.00 e. The molecule has 68 valence electrons. The summed E-state index contributed by atoms with van der Waals surface area (Å²) < 4.78 is 0. The summed E-state index contributed by atoms with van der Waals surface area (Å²) in [4.78, 5) is 21.3. The third-order valence-corrected chi connectivity index (χ3v) is 1.64. The number of Topliss-reactive ketones (excluding diaryl/α,β-unsaturated/α-hetero) is 1. The number of aromatic carboxylic acids is 1. The summed E-state index contributed by atoms with van der Waals surface area (Å²) in [5.41, 5.74) is -0.380. The molecule has 1 rings (SSSR count). The molecular weight excluding hydrogens is 211 g/mol. The number of carboxylic acids is 1. The third-order valence-electron chi connectivity index (χ3n) is 1.64. The van der Waals surface area contributed by atoms with E-state index in [1.807, 2.05) is 0 Å². The van der Waals surface area contributed by atoms with Gasteiger partial charge >= 0.3 is 51.4 Å². The molecule has 0 aliphatic carbocycles. The predicted molar refractivity (Wildman–Crippen MR) is 42.4 cm³/mol. The Balaban J connectivity index is 0.00000169. The van der Waals surface area contributed by atoms with Gasteiger partial charge in [-0.2, -0.15) is 0 Å². The van der Waals surface area contributed by atoms with Gasteiger partial charge in [-0.05, 0) is 19.1 Å². The van der Waals surface area contributed by atoms with Crippen molar-refractivity contribution in [2.24, 2.45) is 0 Å². The molecule has 0 amide bonds. The molecule has 0 radical (unpaired) electrons. The number of rotatable bonds is 2. The second-order valence-electron chi connectivity index (χ2n) is 2.55. The van der Waals surface area contributed by atoms with E-state index < -0.39 is 11.7 Å². The zero-order chi connectivity index (χ0) is 10.0. The first-order chi connectivity index (χ1) is 6.04. The first-order valence-electron chi connectivity index (χ1n) is 3.58. The number of carboxylic acid groups (broad SMARTS) is 1. The van der Waals surface area contributed by atoms with E-state index in [-0.39, 0.29) is 68.3 Å². The van der Waals surface area contributed by atoms with E-state index in [1.165, 1.54) is 25.1 Å². The summed E-state index contributed by atoms with van der Waals surface area (Å²) in [6.07, 6.45) is 0. The number of hydrogen-bond acceptors (Lipinski definition) is 4. The molecular formula is C9H7KO4. The van der Waals surface area contributed by atoms with Crippen molar-refractivity contribution in [3.8, 4) is 5.75 Å². The predicted octanol–water partition coefficient (Wildman–Crippen LogP) is -3.04. The van der Waals surface area contributed by atoms with Crippen LogP contribution in [0.2, 0.25) is 0 Å². The van der Waals surface area contributed by atoms with Gasteiger partial charge in [0.25, 0.3) is 0 Å². The second-order valence-corrected chi connectivity index (χ2v) is 2.55. The fourth-order valence-corrected chi connectivity index (χ4v) is 0.992. The number of carbonyl (C=O) groups excluding carboxylic acids is 2. The molecule has 0 aliphatic heterocycles. The molecule has 5 heteroatoms. The fraction of sp³-hybridized carbons (Fsp3) is 0.111. The van der Waals surface area contributed by atoms with Crippen molar-refractivity contribution in [1.82, 2.24) is 0 Å². The maximum absolute atomic E-state index is 10.9. The van der Waals surface area contributed by atoms with Gasteiger partial charge in [0.1, 0.15) is 5.75 Å². The summed E-state index contributed by atoms with van der Waals surface area (Å²) in [5, 5.41) is 19.7. The Labute approximate surface area is 123 Å². The third kappa shape index (κ3) is 2.89. The number of hydrogen-bond donors (Lipinski definition) is 1. The SMILES string of the molecule is CC(=O)c1cccc(C(=O)[O-])c1O.[K+]. The quantitative estimate of drug-likeness (QED) is 0.423. The van der Waals surface area contributed by atoms with Gasteiger partial charge in [-0.3, -0.25) is 4.79 Å². The zero-order valence-electron chi connectivity index (χ0n) is 7.90. The van der Waals surface area contributed by atoms with Crippen LogP contribution in [0.25, 0.3) is 0 Å². The standard InChI is InChI=1S/C9H8O4.K/c1-5(10)6-3-2-4-7(8(6)11)9(12)13;/h2-4,11H,1H3,(H,12,13);/q;+1/p-1. The second kappa shape index (κ2) is 5.62. The molecule has 0 bridgehead atoms. The zero-order valence-corrected chi connectivity index (χ0v) is 11.0. The smallest absolute Gasteiger partial charge is 0.545 e. The van der Waals surface area contributed by atoms with E-state index in [0.29, 0.717) is 0 Å². The average Bonchev–Trinajstić information content (AvgIpc) is 2.03. The molecule has 1 N–H and O–H groups in total. The van der Waals surface area contributed by atoms with E-state index >= 15 is 0 Å². The minimum absolute atomic E-state index is 0. The van der Waals surface area contributed by atoms with Crippen LogP contribution in [-0.4, -0.2) is 16.9 Å². The first-order valence-corrected chi connectivity index (χ1v) is 3.58. The van der Waals surface area contributed by atoms with Gasteiger partial charge in [0, 0.05) is 5.56 Å². The Morgan fingerprint density at radius 2 is 1.79 bits per heavy atom. The van der Waals surface area contributed by atoms with Crippen molar-refractivity contribution in [3.63, 3.8) is 0 Å². The van der Waals surface area contributed by atoms with Crippen LogP contribution >= 0.6 is 0 Å². The van der Waals surface area contributed by atoms with E-state index in [0.717, 1.165) is 0 Å². The fourth-order valence-electron chi connectivity index (χ4n) is 0.992. The van der Waals surface area contributed by atoms with Gasteiger partial charge in [0.15, 0.2) is 5.78 Å². The average molecular weight is 218 g/mol. The molecule has 0 spiro atoms. The normalized spacial score (nSPS) is 8.93. The van der Waals surface area contributed by atoms with Crippen molar-refractivity contribution in [2.45, 2.75) is 6.92 Å². The summed E-state index contributed by atoms with van der Waals surface area (Å²) >= 11 is 0. The molecule has 0 aromatic heterocycles. The molecule has 4 nitrogen and oxygen atoms in total. The van der Waals surface area contributed by atoms with Crippen molar-refractivity contribution in [3.05, 3.63) is 29.3 Å². The Morgan fingerprint density at radius 1 is 1.29 bits per heavy atom. The van der Waals surface area contributed by atoms with Gasteiger partial charge in [-0.1, -0.05) is 6.07 Å². The minimum atomic E-state index is -1.50. The van der Waals surface area contributed by atoms with Crippen LogP contribution in [0, 0.1) is 0 Å². The number of ketones is 1. The Kier molecular flexibility index (Phi) is 5.54. The molecule has 0 unspecified atom stereocenters. The molecule has 1 aromatic carbocycles. The van der Waals surface area contributed by atoms with E-state index in [1.54, 1.807) is 0 Å². The van der Waals surface area contributed by atoms with Crippen molar-refractivity contribution >= 4 is 11.8 Å². The number of aromatic hydroxyl groups is 1. The molecule has 1 aromatic rings. The van der Waals surface area contributed by atoms with E-state index in [9.17, 15) is 19.8 Å². The molecule has 0 saturated heterocycles. The molecule has 0 aliphatic rings. The number of para-hydroxylation sites is 1. The van der Waals surface area contributed by atoms with Crippen molar-refractivity contribution < 1.29 is 71.2 Å². The van der Waals surface area contributed by atoms with Gasteiger partial charge in [-0.25, -0.2) is 0 Å². The van der Waals surface area contributed by atoms with Crippen molar-refractivity contribution in [2.75, 3.05) is 0 Å². The molecule has 14 heavy (non-hydrogen) atoms. The van der Waals surface area contributed by atoms with Crippen LogP contribution in [0.5, 0.6) is 5.75 Å². The van der Waals surface area contributed by atoms with Crippen LogP contribution in [-0.2, 0) is 0 Å². The van der Waals surface area contributed by atoms with Gasteiger partial charge in [-0.15, -0.1) is 0 Å². The van der Waals surface area contributed by atoms with Gasteiger partial charge in [0.05, 0.1) is 11.5 Å². The molecule has 0 atom stereocenters. The van der Waals surface area contributed by atoms with Crippen LogP contribution in [0.1, 0.15) is 27.6 Å². The van der Waals surface area contributed by atoms with Gasteiger partial charge in [0.2, 0.25) is 0 Å². The van der Waals surface area contributed by atoms with E-state index in [2.05, 4.69) is 0 Å². The first kappa shape index (κ1) is 13.8. The minimum Gasteiger partial charge on any atom is -0.545 e. The number of benzene rings is 1. The number of phenols is 1. The summed E-state index contributed by atoms with van der Waals surface area (Å²) in [6.45, 7) is 1.24. The van der Waals surface area contributed by atoms with Crippen LogP contribution < -0.4 is 56.5 Å². The Hall–Kier alpha value is -0.204. The maximum atomic E-state index is 10.9. The summed E-state index contributed by atoms with van der Waals surface area (Å²) in [5.74, 6) is -2.42. The summed E-state index contributed by atoms with van der Waals surface area (Å²) in [7, 11) is 0. The van der Waals surface area contributed by atoms with Crippen LogP contribution in [0.4, 0.5) is 0 Å². The molecule has 0 heterocycles.